The van der Waals surface area contributed by atoms with Gasteiger partial charge in [0.2, 0.25) is 0 Å². The Morgan fingerprint density at radius 2 is 0.891 bits per heavy atom. The highest BCUT2D eigenvalue weighted by Crippen LogP contribution is 2.12. The fraction of sp³-hybridized carbons (Fsp3) is 0.655. The third-order valence-electron chi connectivity index (χ3n) is 10.1. The van der Waals surface area contributed by atoms with Gasteiger partial charge in [0, 0.05) is 12.8 Å². The molecule has 0 aliphatic rings. The van der Waals surface area contributed by atoms with Crippen LogP contribution in [-0.2, 0) is 33.3 Å². The summed E-state index contributed by atoms with van der Waals surface area (Å²) in [6.45, 7) is 4.54. The number of aliphatic carboxylic acids is 1. The summed E-state index contributed by atoms with van der Waals surface area (Å²) in [7, 11) is 5.89. The molecule has 0 spiro atoms. The van der Waals surface area contributed by atoms with E-state index in [9.17, 15) is 19.5 Å². The third kappa shape index (κ3) is 46.2. The lowest BCUT2D eigenvalue weighted by Gasteiger charge is -2.26. The Labute approximate surface area is 391 Å². The summed E-state index contributed by atoms with van der Waals surface area (Å²) in [5.41, 5.74) is 0. The number of carbonyl (C=O) groups excluding carboxylic acids is 3. The SMILES string of the molecule is CC/C=C\C/C=C\C/C=C\C/C=C\C/C=C\C/C=C\CCCCCCC(=O)OC(COC(=O)CCCCCCC/C=C\C/C=C\CCCCCC)COC(OCC[N+](C)(C)C)C(=O)[O-]. The molecular weight excluding hydrogens is 803 g/mol. The maximum Gasteiger partial charge on any atom is 0.306 e. The Morgan fingerprint density at radius 3 is 1.33 bits per heavy atom. The van der Waals surface area contributed by atoms with Crippen LogP contribution in [0.3, 0.4) is 0 Å². The topological polar surface area (TPSA) is 111 Å². The molecule has 0 rings (SSSR count). The van der Waals surface area contributed by atoms with Gasteiger partial charge in [0.05, 0.1) is 40.3 Å². The second kappa shape index (κ2) is 45.8. The maximum atomic E-state index is 12.8. The summed E-state index contributed by atoms with van der Waals surface area (Å²) in [6.07, 6.45) is 57.2. The first-order valence-corrected chi connectivity index (χ1v) is 24.9. The van der Waals surface area contributed by atoms with Gasteiger partial charge in [-0.2, -0.15) is 0 Å². The average Bonchev–Trinajstić information content (AvgIpc) is 3.26. The summed E-state index contributed by atoms with van der Waals surface area (Å²) in [5.74, 6) is -2.35. The number of rotatable bonds is 44. The number of carboxylic acids is 1. The van der Waals surface area contributed by atoms with Gasteiger partial charge in [0.25, 0.3) is 0 Å². The number of carbonyl (C=O) groups is 3. The minimum atomic E-state index is -1.64. The summed E-state index contributed by atoms with van der Waals surface area (Å²) in [4.78, 5) is 37.1. The Balaban J connectivity index is 4.47. The number of allylic oxidation sites excluding steroid dienone is 16. The summed E-state index contributed by atoms with van der Waals surface area (Å²) < 4.78 is 22.6. The quantitative estimate of drug-likeness (QED) is 0.0195. The van der Waals surface area contributed by atoms with Crippen LogP contribution < -0.4 is 5.11 Å². The van der Waals surface area contributed by atoms with Gasteiger partial charge in [-0.25, -0.2) is 0 Å². The summed E-state index contributed by atoms with van der Waals surface area (Å²) in [6, 6.07) is 0. The molecule has 0 radical (unpaired) electrons. The van der Waals surface area contributed by atoms with Gasteiger partial charge >= 0.3 is 11.9 Å². The van der Waals surface area contributed by atoms with Crippen molar-refractivity contribution >= 4 is 17.9 Å². The number of quaternary nitrogens is 1. The number of carboxylic acid groups (broad SMARTS) is 1. The zero-order valence-corrected chi connectivity index (χ0v) is 41.1. The van der Waals surface area contributed by atoms with Crippen LogP contribution in [0.15, 0.2) is 97.2 Å². The largest absolute Gasteiger partial charge is 0.545 e. The zero-order valence-electron chi connectivity index (χ0n) is 41.1. The van der Waals surface area contributed by atoms with Crippen molar-refractivity contribution in [3.05, 3.63) is 97.2 Å². The second-order valence-electron chi connectivity index (χ2n) is 17.4. The maximum absolute atomic E-state index is 12.8. The van der Waals surface area contributed by atoms with Crippen LogP contribution in [0.25, 0.3) is 0 Å². The van der Waals surface area contributed by atoms with Crippen molar-refractivity contribution in [1.82, 2.24) is 0 Å². The smallest absolute Gasteiger partial charge is 0.306 e. The number of unbranched alkanes of at least 4 members (excludes halogenated alkanes) is 13. The molecule has 0 bridgehead atoms. The molecule has 0 saturated carbocycles. The van der Waals surface area contributed by atoms with Crippen molar-refractivity contribution in [3.8, 4) is 0 Å². The van der Waals surface area contributed by atoms with E-state index in [0.29, 0.717) is 23.9 Å². The molecule has 0 amide bonds. The van der Waals surface area contributed by atoms with Gasteiger partial charge in [0.1, 0.15) is 13.2 Å². The van der Waals surface area contributed by atoms with Crippen LogP contribution in [0.2, 0.25) is 0 Å². The van der Waals surface area contributed by atoms with Crippen molar-refractivity contribution < 1.29 is 42.9 Å². The van der Waals surface area contributed by atoms with E-state index in [1.165, 1.54) is 32.1 Å². The molecule has 0 aliphatic heterocycles. The molecule has 0 heterocycles. The molecule has 0 aromatic carbocycles. The summed E-state index contributed by atoms with van der Waals surface area (Å²) >= 11 is 0. The Hall–Kier alpha value is -3.79. The van der Waals surface area contributed by atoms with E-state index in [1.54, 1.807) is 0 Å². The standard InChI is InChI=1S/C55H91NO8/c1-6-8-10-12-14-16-18-20-22-24-25-26-27-28-29-30-32-34-36-38-40-42-44-46-53(58)64-51(50-63-55(54(59)60)61-48-47-56(3,4)5)49-62-52(57)45-43-41-39-37-35-33-31-23-21-19-17-15-13-11-9-7-2/h8,10,14,16-17,19-20,22-23,25-26,28-29,31-32,34,51,55H,6-7,9,11-13,15,18,21,24,27,30,33,35-50H2,1-5H3/b10-8-,16-14-,19-17-,22-20-,26-25-,29-28-,31-23-,34-32-. The number of hydrogen-bond donors (Lipinski definition) is 0. The minimum Gasteiger partial charge on any atom is -0.545 e. The third-order valence-corrected chi connectivity index (χ3v) is 10.1. The lowest BCUT2D eigenvalue weighted by molar-refractivity contribution is -0.870. The van der Waals surface area contributed by atoms with Gasteiger partial charge in [-0.05, 0) is 96.3 Å². The zero-order chi connectivity index (χ0) is 47.0. The van der Waals surface area contributed by atoms with Gasteiger partial charge in [0.15, 0.2) is 12.4 Å². The Bertz CT molecular complexity index is 1370. The van der Waals surface area contributed by atoms with Crippen molar-refractivity contribution in [2.24, 2.45) is 0 Å². The van der Waals surface area contributed by atoms with E-state index in [2.05, 4.69) is 111 Å². The first-order valence-electron chi connectivity index (χ1n) is 24.9. The van der Waals surface area contributed by atoms with Crippen molar-refractivity contribution in [2.45, 2.75) is 187 Å². The molecule has 2 unspecified atom stereocenters. The van der Waals surface area contributed by atoms with Gasteiger partial charge < -0.3 is 33.3 Å². The molecule has 2 atom stereocenters. The Morgan fingerprint density at radius 1 is 0.484 bits per heavy atom. The first-order chi connectivity index (χ1) is 31.1. The molecule has 9 nitrogen and oxygen atoms in total. The van der Waals surface area contributed by atoms with E-state index >= 15 is 0 Å². The van der Waals surface area contributed by atoms with E-state index in [1.807, 2.05) is 21.1 Å². The molecule has 9 heteroatoms. The first kappa shape index (κ1) is 60.2. The molecule has 0 saturated heterocycles. The second-order valence-corrected chi connectivity index (χ2v) is 17.4. The van der Waals surface area contributed by atoms with Crippen LogP contribution in [-0.4, -0.2) is 82.3 Å². The number of ether oxygens (including phenoxy) is 4. The lowest BCUT2D eigenvalue weighted by Crippen LogP contribution is -2.44. The highest BCUT2D eigenvalue weighted by Gasteiger charge is 2.21. The monoisotopic (exact) mass is 894 g/mol. The summed E-state index contributed by atoms with van der Waals surface area (Å²) in [5, 5.41) is 11.7. The predicted octanol–water partition coefficient (Wildman–Crippen LogP) is 12.5. The normalized spacial score (nSPS) is 13.7. The fourth-order valence-electron chi connectivity index (χ4n) is 6.21. The van der Waals surface area contributed by atoms with Crippen LogP contribution in [0.4, 0.5) is 0 Å². The number of nitrogens with zero attached hydrogens (tertiary/aromatic N) is 1. The van der Waals surface area contributed by atoms with E-state index < -0.39 is 24.3 Å². The molecule has 0 aromatic heterocycles. The molecule has 64 heavy (non-hydrogen) atoms. The number of hydrogen-bond acceptors (Lipinski definition) is 8. The molecular formula is C55H91NO8. The van der Waals surface area contributed by atoms with Gasteiger partial charge in [-0.3, -0.25) is 9.59 Å². The van der Waals surface area contributed by atoms with Crippen LogP contribution in [0.1, 0.15) is 174 Å². The van der Waals surface area contributed by atoms with Crippen molar-refractivity contribution in [2.75, 3.05) is 47.5 Å². The van der Waals surface area contributed by atoms with Crippen LogP contribution >= 0.6 is 0 Å². The van der Waals surface area contributed by atoms with Crippen molar-refractivity contribution in [3.63, 3.8) is 0 Å². The highest BCUT2D eigenvalue weighted by atomic mass is 16.7. The van der Waals surface area contributed by atoms with Crippen LogP contribution in [0, 0.1) is 0 Å². The minimum absolute atomic E-state index is 0.134. The predicted molar refractivity (Wildman–Crippen MR) is 264 cm³/mol. The molecule has 0 fully saturated rings. The Kier molecular flexibility index (Phi) is 43.1. The van der Waals surface area contributed by atoms with Gasteiger partial charge in [-0.15, -0.1) is 0 Å². The molecule has 0 N–H and O–H groups in total. The molecule has 364 valence electrons. The van der Waals surface area contributed by atoms with E-state index in [0.717, 1.165) is 103 Å². The van der Waals surface area contributed by atoms with Crippen molar-refractivity contribution in [1.29, 1.82) is 0 Å². The van der Waals surface area contributed by atoms with Crippen LogP contribution in [0.5, 0.6) is 0 Å². The van der Waals surface area contributed by atoms with E-state index in [-0.39, 0.29) is 38.6 Å². The lowest BCUT2D eigenvalue weighted by atomic mass is 10.1. The molecule has 0 aromatic rings. The number of esters is 2. The van der Waals surface area contributed by atoms with Gasteiger partial charge in [-0.1, -0.05) is 162 Å². The van der Waals surface area contributed by atoms with E-state index in [4.69, 9.17) is 18.9 Å². The number of likely N-dealkylation sites (N-methyl/N-ethyl adjacent to an activating group) is 1. The highest BCUT2D eigenvalue weighted by molar-refractivity contribution is 5.70. The fourth-order valence-corrected chi connectivity index (χ4v) is 6.21. The average molecular weight is 894 g/mol. The molecule has 0 aliphatic carbocycles.